The van der Waals surface area contributed by atoms with E-state index in [2.05, 4.69) is 32.4 Å². The molecule has 10 heavy (non-hydrogen) atoms. The summed E-state index contributed by atoms with van der Waals surface area (Å²) in [5.74, 6) is 0. The molecule has 0 amide bonds. The van der Waals surface area contributed by atoms with Gasteiger partial charge in [0.25, 0.3) is 0 Å². The molecular formula is C10H14. The molecule has 0 heteroatoms. The molecule has 0 unspecified atom stereocenters. The predicted molar refractivity (Wildman–Crippen MR) is 46.9 cm³/mol. The highest BCUT2D eigenvalue weighted by atomic mass is 14.0. The van der Waals surface area contributed by atoms with Gasteiger partial charge in [0.2, 0.25) is 0 Å². The summed E-state index contributed by atoms with van der Waals surface area (Å²) in [6.45, 7) is 15.2. The van der Waals surface area contributed by atoms with Crippen molar-refractivity contribution in [1.82, 2.24) is 0 Å². The Morgan fingerprint density at radius 1 is 1.40 bits per heavy atom. The summed E-state index contributed by atoms with van der Waals surface area (Å²) < 4.78 is 0. The fourth-order valence-electron chi connectivity index (χ4n) is 0.585. The zero-order chi connectivity index (χ0) is 8.15. The van der Waals surface area contributed by atoms with Gasteiger partial charge in [0, 0.05) is 0 Å². The van der Waals surface area contributed by atoms with Crippen molar-refractivity contribution in [3.63, 3.8) is 0 Å². The summed E-state index contributed by atoms with van der Waals surface area (Å²) in [7, 11) is 0. The lowest BCUT2D eigenvalue weighted by Gasteiger charge is -2.03. The van der Waals surface area contributed by atoms with Crippen LogP contribution in [-0.4, -0.2) is 0 Å². The Kier molecular flexibility index (Phi) is 3.53. The molecule has 0 aliphatic rings. The topological polar surface area (TPSA) is 0 Å². The van der Waals surface area contributed by atoms with Gasteiger partial charge in [-0.1, -0.05) is 26.7 Å². The maximum absolute atomic E-state index is 3.86. The molecule has 0 atom stereocenters. The molecule has 0 spiro atoms. The van der Waals surface area contributed by atoms with Crippen molar-refractivity contribution in [1.29, 1.82) is 0 Å². The van der Waals surface area contributed by atoms with Crippen LogP contribution in [0.15, 0.2) is 42.2 Å². The van der Waals surface area contributed by atoms with Gasteiger partial charge in [0.15, 0.2) is 0 Å². The molecule has 0 aromatic carbocycles. The maximum Gasteiger partial charge on any atom is -0.00286 e. The first-order valence-corrected chi connectivity index (χ1v) is 3.37. The minimum absolute atomic E-state index is 0.942. The van der Waals surface area contributed by atoms with Crippen molar-refractivity contribution in [2.45, 2.75) is 20.3 Å². The Labute approximate surface area is 63.3 Å². The highest BCUT2D eigenvalue weighted by Crippen LogP contribution is 2.16. The maximum atomic E-state index is 3.86. The summed E-state index contributed by atoms with van der Waals surface area (Å²) >= 11 is 0. The molecule has 0 N–H and O–H groups in total. The van der Waals surface area contributed by atoms with E-state index < -0.39 is 0 Å². The Hall–Kier alpha value is -1.00. The van der Waals surface area contributed by atoms with E-state index >= 15 is 0 Å². The Bertz CT molecular complexity index is 200. The fraction of sp³-hybridized carbons (Fsp3) is 0.300. The average Bonchev–Trinajstić information content (AvgIpc) is 2.00. The Morgan fingerprint density at radius 3 is 2.20 bits per heavy atom. The summed E-state index contributed by atoms with van der Waals surface area (Å²) in [4.78, 5) is 0. The third-order valence-corrected chi connectivity index (χ3v) is 1.57. The lowest BCUT2D eigenvalue weighted by Crippen LogP contribution is -1.84. The van der Waals surface area contributed by atoms with Gasteiger partial charge in [-0.2, -0.15) is 0 Å². The lowest BCUT2D eigenvalue weighted by molar-refractivity contribution is 1.12. The van der Waals surface area contributed by atoms with E-state index in [4.69, 9.17) is 0 Å². The number of hydrogen-bond donors (Lipinski definition) is 0. The summed E-state index contributed by atoms with van der Waals surface area (Å²) in [6, 6.07) is 0. The zero-order valence-electron chi connectivity index (χ0n) is 6.83. The van der Waals surface area contributed by atoms with E-state index in [1.165, 1.54) is 0 Å². The van der Waals surface area contributed by atoms with Gasteiger partial charge in [-0.05, 0) is 30.1 Å². The SMILES string of the molecule is C=C=C(C)C(=C)C(=C)CC. The Balaban J connectivity index is 4.38. The van der Waals surface area contributed by atoms with Crippen LogP contribution in [0.4, 0.5) is 0 Å². The van der Waals surface area contributed by atoms with Crippen molar-refractivity contribution >= 4 is 0 Å². The normalized spacial score (nSPS) is 8.20. The third kappa shape index (κ3) is 2.08. The molecule has 0 rings (SSSR count). The number of allylic oxidation sites excluding steroid dienone is 3. The van der Waals surface area contributed by atoms with Crippen LogP contribution in [0.1, 0.15) is 20.3 Å². The average molecular weight is 134 g/mol. The molecule has 0 aliphatic heterocycles. The van der Waals surface area contributed by atoms with Crippen molar-refractivity contribution < 1.29 is 0 Å². The molecular weight excluding hydrogens is 120 g/mol. The van der Waals surface area contributed by atoms with Crippen LogP contribution in [-0.2, 0) is 0 Å². The quantitative estimate of drug-likeness (QED) is 0.410. The number of hydrogen-bond acceptors (Lipinski definition) is 0. The van der Waals surface area contributed by atoms with Gasteiger partial charge in [0.1, 0.15) is 0 Å². The monoisotopic (exact) mass is 134 g/mol. The highest BCUT2D eigenvalue weighted by molar-refractivity contribution is 5.40. The summed E-state index contributed by atoms with van der Waals surface area (Å²) in [5, 5.41) is 0. The van der Waals surface area contributed by atoms with E-state index in [-0.39, 0.29) is 0 Å². The van der Waals surface area contributed by atoms with Crippen LogP contribution >= 0.6 is 0 Å². The molecule has 0 aromatic heterocycles. The summed E-state index contributed by atoms with van der Waals surface area (Å²) in [6.07, 6.45) is 0.942. The molecule has 0 aliphatic carbocycles. The molecule has 0 bridgehead atoms. The van der Waals surface area contributed by atoms with Gasteiger partial charge in [-0.3, -0.25) is 0 Å². The zero-order valence-corrected chi connectivity index (χ0v) is 6.83. The van der Waals surface area contributed by atoms with Gasteiger partial charge < -0.3 is 0 Å². The lowest BCUT2D eigenvalue weighted by atomic mass is 10.0. The molecule has 0 radical (unpaired) electrons. The van der Waals surface area contributed by atoms with Gasteiger partial charge >= 0.3 is 0 Å². The molecule has 54 valence electrons. The second kappa shape index (κ2) is 3.92. The second-order valence-electron chi connectivity index (χ2n) is 2.24. The van der Waals surface area contributed by atoms with Crippen LogP contribution in [0.3, 0.4) is 0 Å². The van der Waals surface area contributed by atoms with Crippen LogP contribution < -0.4 is 0 Å². The highest BCUT2D eigenvalue weighted by Gasteiger charge is 1.97. The number of rotatable bonds is 3. The van der Waals surface area contributed by atoms with Gasteiger partial charge in [0.05, 0.1) is 0 Å². The minimum Gasteiger partial charge on any atom is -0.125 e. The minimum atomic E-state index is 0.942. The van der Waals surface area contributed by atoms with Gasteiger partial charge in [-0.15, -0.1) is 5.73 Å². The summed E-state index contributed by atoms with van der Waals surface area (Å²) in [5.41, 5.74) is 5.81. The first-order chi connectivity index (χ1) is 4.63. The van der Waals surface area contributed by atoms with Crippen molar-refractivity contribution in [2.75, 3.05) is 0 Å². The van der Waals surface area contributed by atoms with E-state index in [0.29, 0.717) is 0 Å². The molecule has 0 saturated carbocycles. The van der Waals surface area contributed by atoms with E-state index in [1.807, 2.05) is 6.92 Å². The third-order valence-electron chi connectivity index (χ3n) is 1.57. The fourth-order valence-corrected chi connectivity index (χ4v) is 0.585. The molecule has 0 nitrogen and oxygen atoms in total. The first-order valence-electron chi connectivity index (χ1n) is 3.37. The largest absolute Gasteiger partial charge is 0.125 e. The van der Waals surface area contributed by atoms with E-state index in [0.717, 1.165) is 23.1 Å². The predicted octanol–water partition coefficient (Wildman–Crippen LogP) is 3.24. The first kappa shape index (κ1) is 9.00. The van der Waals surface area contributed by atoms with Crippen LogP contribution in [0, 0.1) is 0 Å². The van der Waals surface area contributed by atoms with Crippen molar-refractivity contribution in [2.24, 2.45) is 0 Å². The van der Waals surface area contributed by atoms with E-state index in [9.17, 15) is 0 Å². The molecule has 0 saturated heterocycles. The van der Waals surface area contributed by atoms with Gasteiger partial charge in [-0.25, -0.2) is 0 Å². The Morgan fingerprint density at radius 2 is 1.90 bits per heavy atom. The molecule has 0 aromatic rings. The van der Waals surface area contributed by atoms with E-state index in [1.54, 1.807) is 0 Å². The smallest absolute Gasteiger partial charge is 0.00286 e. The van der Waals surface area contributed by atoms with Crippen LogP contribution in [0.25, 0.3) is 0 Å². The molecule has 0 fully saturated rings. The van der Waals surface area contributed by atoms with Crippen molar-refractivity contribution in [3.8, 4) is 0 Å². The molecule has 0 heterocycles. The second-order valence-corrected chi connectivity index (χ2v) is 2.24. The van der Waals surface area contributed by atoms with Crippen LogP contribution in [0.5, 0.6) is 0 Å². The van der Waals surface area contributed by atoms with Crippen molar-refractivity contribution in [3.05, 3.63) is 42.2 Å². The standard InChI is InChI=1S/C10H14/c1-6-8(3)10(5)9(4)7-2/h1,4-5,7H2,2-3H3. The van der Waals surface area contributed by atoms with Crippen LogP contribution in [0.2, 0.25) is 0 Å².